The Morgan fingerprint density at radius 1 is 0.511 bits per heavy atom. The normalized spacial score (nSPS) is 18.4. The number of nitrogens with one attached hydrogen (secondary N) is 5. The van der Waals surface area contributed by atoms with Crippen molar-refractivity contribution in [2.24, 2.45) is 28.2 Å². The Labute approximate surface area is 819 Å². The van der Waals surface area contributed by atoms with Crippen LogP contribution in [0.2, 0.25) is 0 Å². The van der Waals surface area contributed by atoms with Crippen LogP contribution < -0.4 is 69.5 Å². The summed E-state index contributed by atoms with van der Waals surface area (Å²) >= 11 is 0. The molecule has 2 unspecified atom stereocenters. The third-order valence-corrected chi connectivity index (χ3v) is 29.8. The van der Waals surface area contributed by atoms with Gasteiger partial charge in [-0.05, 0) is 264 Å². The van der Waals surface area contributed by atoms with Gasteiger partial charge in [-0.3, -0.25) is 24.0 Å². The highest BCUT2D eigenvalue weighted by molar-refractivity contribution is 8.07. The molecular formula is C99H116F3N19O16S4. The van der Waals surface area contributed by atoms with Gasteiger partial charge in [-0.15, -0.1) is 0 Å². The minimum atomic E-state index is -4.44. The summed E-state index contributed by atoms with van der Waals surface area (Å²) < 4.78 is 171. The number of nitrogen functional groups attached to an aromatic ring is 2. The van der Waals surface area contributed by atoms with Gasteiger partial charge in [0.25, 0.3) is 69.6 Å². The van der Waals surface area contributed by atoms with Crippen molar-refractivity contribution in [1.29, 1.82) is 0 Å². The van der Waals surface area contributed by atoms with E-state index >= 15 is 8.78 Å². The number of sulfonamides is 4. The Kier molecular flexibility index (Phi) is 31.1. The number of rotatable bonds is 23. The van der Waals surface area contributed by atoms with Gasteiger partial charge in [0, 0.05) is 84.6 Å². The van der Waals surface area contributed by atoms with Gasteiger partial charge in [0.2, 0.25) is 5.04 Å². The van der Waals surface area contributed by atoms with Crippen molar-refractivity contribution < 1.29 is 85.0 Å². The van der Waals surface area contributed by atoms with Gasteiger partial charge in [0.1, 0.15) is 74.9 Å². The highest BCUT2D eigenvalue weighted by Gasteiger charge is 2.47. The average Bonchev–Trinajstić information content (AvgIpc) is 1.58. The van der Waals surface area contributed by atoms with E-state index in [0.717, 1.165) is 69.5 Å². The third kappa shape index (κ3) is 24.6. The smallest absolute Gasteiger partial charge is 0.285 e. The molecule has 5 aliphatic heterocycles. The highest BCUT2D eigenvalue weighted by atomic mass is 32.2. The molecule has 5 fully saturated rings. The molecule has 16 rings (SSSR count). The minimum Gasteiger partial charge on any atom is -0.497 e. The summed E-state index contributed by atoms with van der Waals surface area (Å²) in [4.78, 5) is 106. The molecule has 4 amide bonds. The summed E-state index contributed by atoms with van der Waals surface area (Å²) in [7, 11) is -15.8. The van der Waals surface area contributed by atoms with Crippen molar-refractivity contribution in [3.05, 3.63) is 222 Å². The van der Waals surface area contributed by atoms with Crippen LogP contribution in [0.4, 0.5) is 59.6 Å². The maximum absolute atomic E-state index is 15.0. The molecule has 42 heteroatoms. The number of ether oxygens (including phenoxy) is 3. The second-order valence-electron chi connectivity index (χ2n) is 38.9. The lowest BCUT2D eigenvalue weighted by Crippen LogP contribution is -2.42. The third-order valence-electron chi connectivity index (χ3n) is 24.6. The molecule has 35 nitrogen and oxygen atoms in total. The van der Waals surface area contributed by atoms with Crippen LogP contribution in [0.25, 0.3) is 22.5 Å². The number of carbonyl (C=O) groups excluding carboxylic acids is 5. The number of Topliss-reactive ketones (excluding diaryl/α,β-unsaturated/α-hetero) is 1. The molecule has 1 aliphatic carbocycles. The average molecular weight is 2010 g/mol. The molecule has 4 saturated heterocycles. The SMILES string of the molecule is CC1CN(c2nc(OC3CCCC3)c(F)cc2C(=O)NS(=O)(=O)c2cccc(N)n2)C(C)(C)C1.CC1CN(c2ncccc2C(=O)NS(=O)(=O)c2cccc(Nc3ccc(F)cc3)n2)C(C)(C)C1.CCOc1cccc(F)c1-c1ccc(C(=O)NS(=O)(=O)c2cccnc2N)c(N2CC(C)(C)CC2(C)C)n1.COc1cccc(-c2ccc(C(=O)NS(=O)(=O)C3=NC=CCC3=O)c(N3C[C@@H](C)CC3(C)C)n2)c1. The largest absolute Gasteiger partial charge is 0.497 e. The number of hydrogen-bond donors (Lipinski definition) is 7. The lowest BCUT2D eigenvalue weighted by atomic mass is 9.86. The van der Waals surface area contributed by atoms with E-state index in [9.17, 15) is 62.0 Å². The minimum absolute atomic E-state index is 0.00931. The topological polar surface area (TPSA) is 477 Å². The van der Waals surface area contributed by atoms with Gasteiger partial charge in [0.15, 0.2) is 21.7 Å². The number of ketones is 1. The molecule has 1 saturated carbocycles. The zero-order valence-corrected chi connectivity index (χ0v) is 84.1. The number of nitrogens with two attached hydrogens (primary N) is 2. The van der Waals surface area contributed by atoms with E-state index in [0.29, 0.717) is 78.5 Å². The number of halogens is 3. The van der Waals surface area contributed by atoms with Crippen molar-refractivity contribution in [1.82, 2.24) is 53.8 Å². The van der Waals surface area contributed by atoms with Gasteiger partial charge >= 0.3 is 0 Å². The second-order valence-corrected chi connectivity index (χ2v) is 45.4. The molecule has 0 radical (unpaired) electrons. The molecule has 0 bridgehead atoms. The number of aromatic nitrogens is 7. The molecule has 3 aromatic carbocycles. The molecule has 10 aromatic rings. The molecule has 7 aromatic heterocycles. The first kappa shape index (κ1) is 105. The number of pyridine rings is 7. The number of methoxy groups -OCH3 is 1. The van der Waals surface area contributed by atoms with Crippen molar-refractivity contribution in [3.63, 3.8) is 0 Å². The van der Waals surface area contributed by atoms with E-state index in [-0.39, 0.29) is 119 Å². The summed E-state index contributed by atoms with van der Waals surface area (Å²) in [5.41, 5.74) is 12.4. The zero-order chi connectivity index (χ0) is 102. The zero-order valence-electron chi connectivity index (χ0n) is 80.8. The first-order chi connectivity index (χ1) is 66.3. The van der Waals surface area contributed by atoms with Crippen LogP contribution in [0.15, 0.2) is 202 Å². The molecule has 3 atom stereocenters. The fraction of sp³-hybridized carbons (Fsp3) is 0.384. The van der Waals surface area contributed by atoms with Crippen molar-refractivity contribution in [3.8, 4) is 39.9 Å². The fourth-order valence-electron chi connectivity index (χ4n) is 19.0. The summed E-state index contributed by atoms with van der Waals surface area (Å²) in [5, 5.41) is 1.51. The maximum Gasteiger partial charge on any atom is 0.285 e. The van der Waals surface area contributed by atoms with Crippen LogP contribution in [0.5, 0.6) is 17.4 Å². The van der Waals surface area contributed by atoms with Crippen molar-refractivity contribution >= 4 is 121 Å². The van der Waals surface area contributed by atoms with Gasteiger partial charge in [-0.25, -0.2) is 75.4 Å². The van der Waals surface area contributed by atoms with Crippen molar-refractivity contribution in [2.45, 2.75) is 198 Å². The van der Waals surface area contributed by atoms with E-state index in [2.05, 4.69) is 107 Å². The lowest BCUT2D eigenvalue weighted by Gasteiger charge is -2.34. The molecule has 6 aliphatic rings. The van der Waals surface area contributed by atoms with Crippen LogP contribution >= 0.6 is 0 Å². The number of amides is 4. The van der Waals surface area contributed by atoms with Crippen LogP contribution in [0.3, 0.4) is 0 Å². The van der Waals surface area contributed by atoms with Crippen LogP contribution in [-0.4, -0.2) is 171 Å². The Balaban J connectivity index is 0.000000158. The quantitative estimate of drug-likeness (QED) is 0.0313. The molecule has 12 heterocycles. The Bertz CT molecular complexity index is 6990. The van der Waals surface area contributed by atoms with E-state index in [1.807, 2.05) is 81.0 Å². The first-order valence-corrected chi connectivity index (χ1v) is 51.7. The van der Waals surface area contributed by atoms with Gasteiger partial charge in [-0.2, -0.15) is 30.2 Å². The predicted molar refractivity (Wildman–Crippen MR) is 532 cm³/mol. The number of hydrogen-bond acceptors (Lipinski definition) is 31. The van der Waals surface area contributed by atoms with Gasteiger partial charge in [0.05, 0.1) is 52.9 Å². The first-order valence-electron chi connectivity index (χ1n) is 45.8. The Hall–Kier alpha value is -13.7. The summed E-state index contributed by atoms with van der Waals surface area (Å²) in [6.45, 7) is 31.5. The van der Waals surface area contributed by atoms with Crippen LogP contribution in [0.1, 0.15) is 196 Å². The van der Waals surface area contributed by atoms with E-state index in [4.69, 9.17) is 35.6 Å². The van der Waals surface area contributed by atoms with Crippen molar-refractivity contribution in [2.75, 3.05) is 76.3 Å². The molecule has 9 N–H and O–H groups in total. The van der Waals surface area contributed by atoms with E-state index in [1.165, 1.54) is 103 Å². The molecule has 141 heavy (non-hydrogen) atoms. The Morgan fingerprint density at radius 3 is 1.59 bits per heavy atom. The number of carbonyl (C=O) groups is 5. The summed E-state index contributed by atoms with van der Waals surface area (Å²) in [5.74, 6) is -2.80. The number of aliphatic imine (C=N–C) groups is 1. The van der Waals surface area contributed by atoms with Crippen LogP contribution in [-0.2, 0) is 44.9 Å². The number of allylic oxidation sites excluding steroid dienone is 1. The van der Waals surface area contributed by atoms with E-state index < -0.39 is 96.7 Å². The second kappa shape index (κ2) is 42.0. The van der Waals surface area contributed by atoms with Gasteiger partial charge in [-0.1, -0.05) is 71.0 Å². The maximum atomic E-state index is 15.0. The summed E-state index contributed by atoms with van der Waals surface area (Å²) in [6, 6.07) is 38.9. The number of benzene rings is 3. The number of nitrogens with zero attached hydrogens (tertiary/aromatic N) is 12. The standard InChI is InChI=1S/C27H32FN5O4S.C25H28N4O5S.C24H26FN5O3S.C23H30FN5O4S/c1-6-37-20-10-7-9-18(28)22(20)19-13-12-17(24(31-19)33-16-26(2,3)15-27(33,4)5)25(34)32-38(35,36)21-11-8-14-30-23(21)29;1-16-14-25(2,3)29(15-16)22-19(10-11-20(27-22)17-7-5-8-18(13-17)34-4)23(31)28-35(32,33)24-21(30)9-6-12-26-24;1-16-14-24(2,3)30(15-16)22-19(6-5-13-26-22)23(31)29-34(32,33)21-8-4-7-20(28-21)27-18-11-9-17(25)10-12-18;1-14-12-23(2,3)29(13-14)20-16(11-17(24)22(27-20)33-15-7-4-5-8-15)21(30)28-34(31,32)19-10-6-9-18(25)26-19/h7-14H,6,15-16H2,1-5H3,(H2,29,30)(H,32,34);5-8,10-13,16H,9,14-15H2,1-4H3,(H,28,31);4-13,16H,14-15H2,1-3H3,(H,27,28)(H,29,31);6,9-11,14-15H,4-5,7-8,12-13H2,1-3H3,(H2,25,26)(H,28,30)/t;16-;;/m.0../s1. The van der Waals surface area contributed by atoms with Crippen LogP contribution in [0, 0.1) is 40.6 Å². The highest BCUT2D eigenvalue weighted by Crippen LogP contribution is 2.47. The lowest BCUT2D eigenvalue weighted by molar-refractivity contribution is -0.112. The predicted octanol–water partition coefficient (Wildman–Crippen LogP) is 15.1. The fourth-order valence-corrected chi connectivity index (χ4v) is 22.9. The monoisotopic (exact) mass is 2010 g/mol. The molecule has 0 spiro atoms. The number of anilines is 8. The summed E-state index contributed by atoms with van der Waals surface area (Å²) in [6.07, 6.45) is 12.5. The van der Waals surface area contributed by atoms with Gasteiger partial charge < -0.3 is 50.6 Å². The molecule has 748 valence electrons. The Morgan fingerprint density at radius 2 is 1.03 bits per heavy atom. The molecular weight excluding hydrogens is 1900 g/mol. The van der Waals surface area contributed by atoms with E-state index in [1.54, 1.807) is 62.7 Å².